The molecule has 94 valence electrons. The lowest BCUT2D eigenvalue weighted by Crippen LogP contribution is -2.22. The summed E-state index contributed by atoms with van der Waals surface area (Å²) in [5, 5.41) is 0.633. The van der Waals surface area contributed by atoms with E-state index >= 15 is 0 Å². The van der Waals surface area contributed by atoms with Gasteiger partial charge in [0.1, 0.15) is 5.82 Å². The summed E-state index contributed by atoms with van der Waals surface area (Å²) in [6, 6.07) is 4.71. The Morgan fingerprint density at radius 2 is 2.00 bits per heavy atom. The minimum atomic E-state index is -0.252. The lowest BCUT2D eigenvalue weighted by molar-refractivity contribution is 0.283. The maximum atomic E-state index is 13.0. The third kappa shape index (κ3) is 3.15. The van der Waals surface area contributed by atoms with E-state index in [0.29, 0.717) is 10.9 Å². The first-order valence-electron chi connectivity index (χ1n) is 6.28. The molecule has 1 fully saturated rings. The fourth-order valence-electron chi connectivity index (χ4n) is 2.41. The van der Waals surface area contributed by atoms with E-state index < -0.39 is 0 Å². The normalized spacial score (nSPS) is 29.2. The van der Waals surface area contributed by atoms with Crippen LogP contribution in [-0.4, -0.2) is 5.25 Å². The summed E-state index contributed by atoms with van der Waals surface area (Å²) in [6.07, 6.45) is 3.77. The molecule has 0 bridgehead atoms. The number of thioether (sulfide) groups is 1. The molecule has 3 heteroatoms. The molecule has 0 radical (unpaired) electrons. The topological polar surface area (TPSA) is 26.0 Å². The predicted octanol–water partition coefficient (Wildman–Crippen LogP) is 4.32. The van der Waals surface area contributed by atoms with Crippen molar-refractivity contribution in [3.63, 3.8) is 0 Å². The summed E-state index contributed by atoms with van der Waals surface area (Å²) in [5.41, 5.74) is 6.41. The summed E-state index contributed by atoms with van der Waals surface area (Å²) in [5.74, 6) is 1.36. The Balaban J connectivity index is 2.01. The molecule has 1 aliphatic carbocycles. The standard InChI is InChI=1S/C14H20FNS/c1-9-3-5-12(7-10(9)2)17-14-6-4-11(15)8-13(14)16/h4,6,8-10,12H,3,5,7,16H2,1-2H3. The third-order valence-electron chi connectivity index (χ3n) is 3.82. The maximum absolute atomic E-state index is 13.0. The highest BCUT2D eigenvalue weighted by molar-refractivity contribution is 8.00. The molecule has 3 unspecified atom stereocenters. The van der Waals surface area contributed by atoms with Gasteiger partial charge in [0.25, 0.3) is 0 Å². The number of rotatable bonds is 2. The van der Waals surface area contributed by atoms with Crippen LogP contribution in [0.4, 0.5) is 10.1 Å². The first-order valence-corrected chi connectivity index (χ1v) is 7.16. The molecule has 2 N–H and O–H groups in total. The summed E-state index contributed by atoms with van der Waals surface area (Å²) in [6.45, 7) is 4.66. The molecule has 2 rings (SSSR count). The largest absolute Gasteiger partial charge is 0.398 e. The maximum Gasteiger partial charge on any atom is 0.125 e. The van der Waals surface area contributed by atoms with Crippen molar-refractivity contribution in [2.24, 2.45) is 11.8 Å². The highest BCUT2D eigenvalue weighted by Gasteiger charge is 2.25. The van der Waals surface area contributed by atoms with E-state index in [2.05, 4.69) is 13.8 Å². The number of anilines is 1. The van der Waals surface area contributed by atoms with E-state index in [-0.39, 0.29) is 5.82 Å². The molecule has 3 atom stereocenters. The molecular formula is C14H20FNS. The van der Waals surface area contributed by atoms with Gasteiger partial charge in [-0.3, -0.25) is 0 Å². The first kappa shape index (κ1) is 12.7. The number of benzene rings is 1. The van der Waals surface area contributed by atoms with Crippen molar-refractivity contribution in [2.45, 2.75) is 43.3 Å². The summed E-state index contributed by atoms with van der Waals surface area (Å²) in [4.78, 5) is 1.03. The molecule has 0 aromatic heterocycles. The Labute approximate surface area is 107 Å². The Kier molecular flexibility index (Phi) is 3.97. The molecular weight excluding hydrogens is 233 g/mol. The van der Waals surface area contributed by atoms with Gasteiger partial charge >= 0.3 is 0 Å². The average Bonchev–Trinajstić information content (AvgIpc) is 2.27. The minimum absolute atomic E-state index is 0.252. The molecule has 1 nitrogen and oxygen atoms in total. The zero-order valence-electron chi connectivity index (χ0n) is 10.4. The Morgan fingerprint density at radius 3 is 2.65 bits per heavy atom. The second-order valence-electron chi connectivity index (χ2n) is 5.19. The second kappa shape index (κ2) is 5.30. The van der Waals surface area contributed by atoms with E-state index in [4.69, 9.17) is 5.73 Å². The zero-order valence-corrected chi connectivity index (χ0v) is 11.3. The summed E-state index contributed by atoms with van der Waals surface area (Å²) in [7, 11) is 0. The van der Waals surface area contributed by atoms with E-state index in [1.54, 1.807) is 6.07 Å². The first-order chi connectivity index (χ1) is 8.06. The fraction of sp³-hybridized carbons (Fsp3) is 0.571. The van der Waals surface area contributed by atoms with Gasteiger partial charge in [-0.25, -0.2) is 4.39 Å². The van der Waals surface area contributed by atoms with Crippen molar-refractivity contribution < 1.29 is 4.39 Å². The lowest BCUT2D eigenvalue weighted by atomic mass is 9.81. The van der Waals surface area contributed by atoms with Crippen LogP contribution in [0.25, 0.3) is 0 Å². The van der Waals surface area contributed by atoms with Gasteiger partial charge in [-0.05, 0) is 49.3 Å². The molecule has 0 heterocycles. The summed E-state index contributed by atoms with van der Waals surface area (Å²) < 4.78 is 13.0. The van der Waals surface area contributed by atoms with Crippen molar-refractivity contribution in [3.8, 4) is 0 Å². The highest BCUT2D eigenvalue weighted by atomic mass is 32.2. The van der Waals surface area contributed by atoms with E-state index in [0.717, 1.165) is 16.7 Å². The molecule has 1 saturated carbocycles. The van der Waals surface area contributed by atoms with Crippen LogP contribution in [0.5, 0.6) is 0 Å². The third-order valence-corrected chi connectivity index (χ3v) is 5.20. The van der Waals surface area contributed by atoms with Crippen molar-refractivity contribution >= 4 is 17.4 Å². The molecule has 0 amide bonds. The quantitative estimate of drug-likeness (QED) is 0.794. The van der Waals surface area contributed by atoms with Crippen molar-refractivity contribution in [1.82, 2.24) is 0 Å². The molecule has 17 heavy (non-hydrogen) atoms. The van der Waals surface area contributed by atoms with Gasteiger partial charge in [-0.1, -0.05) is 13.8 Å². The van der Waals surface area contributed by atoms with Crippen molar-refractivity contribution in [3.05, 3.63) is 24.0 Å². The van der Waals surface area contributed by atoms with Crippen molar-refractivity contribution in [2.75, 3.05) is 5.73 Å². The van der Waals surface area contributed by atoms with Crippen molar-refractivity contribution in [1.29, 1.82) is 0 Å². The van der Waals surface area contributed by atoms with Gasteiger partial charge in [0, 0.05) is 15.8 Å². The SMILES string of the molecule is CC1CCC(Sc2ccc(F)cc2N)CC1C. The van der Waals surface area contributed by atoms with Gasteiger partial charge in [-0.2, -0.15) is 0 Å². The highest BCUT2D eigenvalue weighted by Crippen LogP contribution is 2.40. The van der Waals surface area contributed by atoms with Gasteiger partial charge in [0.05, 0.1) is 0 Å². The van der Waals surface area contributed by atoms with Crippen LogP contribution in [0, 0.1) is 17.7 Å². The predicted molar refractivity (Wildman–Crippen MR) is 72.6 cm³/mol. The molecule has 1 aromatic rings. The van der Waals surface area contributed by atoms with Crippen LogP contribution >= 0.6 is 11.8 Å². The average molecular weight is 253 g/mol. The second-order valence-corrected chi connectivity index (χ2v) is 6.53. The molecule has 0 aliphatic heterocycles. The van der Waals surface area contributed by atoms with Gasteiger partial charge < -0.3 is 5.73 Å². The number of halogens is 1. The number of nitrogen functional groups attached to an aromatic ring is 1. The fourth-order valence-corrected chi connectivity index (χ4v) is 3.77. The molecule has 0 spiro atoms. The minimum Gasteiger partial charge on any atom is -0.398 e. The van der Waals surface area contributed by atoms with Crippen LogP contribution in [0.2, 0.25) is 0 Å². The number of nitrogens with two attached hydrogens (primary N) is 1. The van der Waals surface area contributed by atoms with Gasteiger partial charge in [0.15, 0.2) is 0 Å². The summed E-state index contributed by atoms with van der Waals surface area (Å²) >= 11 is 1.81. The Hall–Kier alpha value is -0.700. The van der Waals surface area contributed by atoms with E-state index in [9.17, 15) is 4.39 Å². The number of hydrogen-bond acceptors (Lipinski definition) is 2. The van der Waals surface area contributed by atoms with Gasteiger partial charge in [0.2, 0.25) is 0 Å². The van der Waals surface area contributed by atoms with Crippen LogP contribution in [0.15, 0.2) is 23.1 Å². The molecule has 1 aliphatic rings. The van der Waals surface area contributed by atoms with E-state index in [1.165, 1.54) is 31.4 Å². The van der Waals surface area contributed by atoms with Gasteiger partial charge in [-0.15, -0.1) is 11.8 Å². The Morgan fingerprint density at radius 1 is 1.24 bits per heavy atom. The smallest absolute Gasteiger partial charge is 0.125 e. The van der Waals surface area contributed by atoms with Crippen LogP contribution in [0.3, 0.4) is 0 Å². The molecule has 1 aromatic carbocycles. The lowest BCUT2D eigenvalue weighted by Gasteiger charge is -2.31. The molecule has 0 saturated heterocycles. The van der Waals surface area contributed by atoms with Crippen LogP contribution in [0.1, 0.15) is 33.1 Å². The monoisotopic (exact) mass is 253 g/mol. The van der Waals surface area contributed by atoms with Crippen LogP contribution in [-0.2, 0) is 0 Å². The van der Waals surface area contributed by atoms with Crippen LogP contribution < -0.4 is 5.73 Å². The Bertz CT molecular complexity index is 394. The van der Waals surface area contributed by atoms with E-state index in [1.807, 2.05) is 11.8 Å². The number of hydrogen-bond donors (Lipinski definition) is 1. The zero-order chi connectivity index (χ0) is 12.4.